The van der Waals surface area contributed by atoms with Crippen LogP contribution in [0.2, 0.25) is 0 Å². The molecule has 3 aromatic heterocycles. The lowest BCUT2D eigenvalue weighted by Gasteiger charge is -2.07. The highest BCUT2D eigenvalue weighted by atomic mass is 32.2. The quantitative estimate of drug-likeness (QED) is 0.290. The standard InChI is InChI=1S/C21H19N5OS/c1-3-11-26-20(15-7-6-10-22-12-15)24-25-21(26)28-13-18(27)19-14(2)23-17-9-5-4-8-16(17)19/h3-10,12,23H,1,11,13H2,2H3. The maximum atomic E-state index is 12.9. The van der Waals surface area contributed by atoms with Crippen LogP contribution in [0.15, 0.2) is 66.6 Å². The highest BCUT2D eigenvalue weighted by molar-refractivity contribution is 7.99. The molecule has 1 aromatic carbocycles. The number of thioether (sulfide) groups is 1. The summed E-state index contributed by atoms with van der Waals surface area (Å²) in [5, 5.41) is 10.2. The normalized spacial score (nSPS) is 11.0. The van der Waals surface area contributed by atoms with E-state index < -0.39 is 0 Å². The number of pyridine rings is 1. The van der Waals surface area contributed by atoms with Gasteiger partial charge in [0.2, 0.25) is 0 Å². The van der Waals surface area contributed by atoms with Gasteiger partial charge in [0.25, 0.3) is 0 Å². The van der Waals surface area contributed by atoms with Gasteiger partial charge in [-0.15, -0.1) is 16.8 Å². The summed E-state index contributed by atoms with van der Waals surface area (Å²) in [7, 11) is 0. The number of para-hydroxylation sites is 1. The number of H-pyrrole nitrogens is 1. The number of aromatic amines is 1. The van der Waals surface area contributed by atoms with Crippen LogP contribution in [-0.2, 0) is 6.54 Å². The molecule has 140 valence electrons. The first kappa shape index (κ1) is 18.2. The molecule has 7 heteroatoms. The first-order valence-corrected chi connectivity index (χ1v) is 9.85. The van der Waals surface area contributed by atoms with E-state index in [1.54, 1.807) is 18.5 Å². The van der Waals surface area contributed by atoms with E-state index in [1.165, 1.54) is 11.8 Å². The van der Waals surface area contributed by atoms with Crippen molar-refractivity contribution in [3.8, 4) is 11.4 Å². The Morgan fingerprint density at radius 1 is 1.25 bits per heavy atom. The van der Waals surface area contributed by atoms with Crippen molar-refractivity contribution in [1.82, 2.24) is 24.7 Å². The van der Waals surface area contributed by atoms with E-state index in [2.05, 4.69) is 26.7 Å². The Bertz CT molecular complexity index is 1150. The van der Waals surface area contributed by atoms with E-state index in [0.29, 0.717) is 17.5 Å². The molecule has 4 rings (SSSR count). The smallest absolute Gasteiger partial charge is 0.192 e. The summed E-state index contributed by atoms with van der Waals surface area (Å²) in [6.45, 7) is 6.31. The number of aryl methyl sites for hydroxylation is 1. The minimum atomic E-state index is 0.0658. The van der Waals surface area contributed by atoms with Gasteiger partial charge < -0.3 is 4.98 Å². The lowest BCUT2D eigenvalue weighted by Crippen LogP contribution is -2.06. The van der Waals surface area contributed by atoms with Crippen LogP contribution >= 0.6 is 11.8 Å². The van der Waals surface area contributed by atoms with Crippen molar-refractivity contribution in [3.63, 3.8) is 0 Å². The van der Waals surface area contributed by atoms with Gasteiger partial charge in [-0.3, -0.25) is 14.3 Å². The van der Waals surface area contributed by atoms with E-state index in [1.807, 2.05) is 47.9 Å². The Balaban J connectivity index is 1.59. The molecule has 0 radical (unpaired) electrons. The third kappa shape index (κ3) is 3.36. The van der Waals surface area contributed by atoms with Crippen LogP contribution in [-0.4, -0.2) is 36.3 Å². The number of aromatic nitrogens is 5. The highest BCUT2D eigenvalue weighted by Crippen LogP contribution is 2.27. The van der Waals surface area contributed by atoms with Crippen molar-refractivity contribution in [3.05, 3.63) is 72.7 Å². The minimum Gasteiger partial charge on any atom is -0.358 e. The van der Waals surface area contributed by atoms with Gasteiger partial charge in [-0.2, -0.15) is 0 Å². The molecule has 3 heterocycles. The number of nitrogens with one attached hydrogen (secondary N) is 1. The first-order valence-electron chi connectivity index (χ1n) is 8.87. The summed E-state index contributed by atoms with van der Waals surface area (Å²) in [4.78, 5) is 20.4. The van der Waals surface area contributed by atoms with Gasteiger partial charge in [-0.1, -0.05) is 36.0 Å². The van der Waals surface area contributed by atoms with Gasteiger partial charge in [0, 0.05) is 46.7 Å². The molecule has 0 unspecified atom stereocenters. The minimum absolute atomic E-state index is 0.0658. The first-order chi connectivity index (χ1) is 13.7. The molecular weight excluding hydrogens is 370 g/mol. The monoisotopic (exact) mass is 389 g/mol. The zero-order valence-electron chi connectivity index (χ0n) is 15.4. The number of ketones is 1. The van der Waals surface area contributed by atoms with E-state index in [0.717, 1.165) is 27.7 Å². The second-order valence-corrected chi connectivity index (χ2v) is 7.27. The molecule has 28 heavy (non-hydrogen) atoms. The molecule has 0 aliphatic carbocycles. The molecule has 0 aliphatic heterocycles. The van der Waals surface area contributed by atoms with Crippen molar-refractivity contribution >= 4 is 28.4 Å². The van der Waals surface area contributed by atoms with E-state index in [9.17, 15) is 4.79 Å². The van der Waals surface area contributed by atoms with Crippen LogP contribution in [0.25, 0.3) is 22.3 Å². The molecule has 0 bridgehead atoms. The Kier molecular flexibility index (Phi) is 5.08. The molecule has 0 amide bonds. The molecule has 0 saturated carbocycles. The Labute approximate surface area is 166 Å². The number of hydrogen-bond acceptors (Lipinski definition) is 5. The fourth-order valence-electron chi connectivity index (χ4n) is 3.24. The lowest BCUT2D eigenvalue weighted by atomic mass is 10.1. The lowest BCUT2D eigenvalue weighted by molar-refractivity contribution is 0.102. The van der Waals surface area contributed by atoms with Crippen molar-refractivity contribution in [1.29, 1.82) is 0 Å². The van der Waals surface area contributed by atoms with Gasteiger partial charge in [0.05, 0.1) is 5.75 Å². The number of allylic oxidation sites excluding steroid dienone is 1. The zero-order valence-corrected chi connectivity index (χ0v) is 16.2. The van der Waals surface area contributed by atoms with Gasteiger partial charge in [-0.05, 0) is 25.1 Å². The summed E-state index contributed by atoms with van der Waals surface area (Å²) in [5.41, 5.74) is 3.48. The third-order valence-electron chi connectivity index (χ3n) is 4.45. The zero-order chi connectivity index (χ0) is 19.5. The molecule has 0 spiro atoms. The van der Waals surface area contributed by atoms with Crippen LogP contribution in [0.1, 0.15) is 16.1 Å². The highest BCUT2D eigenvalue weighted by Gasteiger charge is 2.19. The van der Waals surface area contributed by atoms with E-state index >= 15 is 0 Å². The van der Waals surface area contributed by atoms with Gasteiger partial charge in [0.15, 0.2) is 16.8 Å². The van der Waals surface area contributed by atoms with Crippen molar-refractivity contribution in [2.24, 2.45) is 0 Å². The average molecular weight is 389 g/mol. The Morgan fingerprint density at radius 2 is 2.11 bits per heavy atom. The fourth-order valence-corrected chi connectivity index (χ4v) is 4.06. The largest absolute Gasteiger partial charge is 0.358 e. The summed E-state index contributed by atoms with van der Waals surface area (Å²) in [6, 6.07) is 11.6. The molecule has 1 N–H and O–H groups in total. The van der Waals surface area contributed by atoms with Crippen LogP contribution in [0.4, 0.5) is 0 Å². The van der Waals surface area contributed by atoms with Gasteiger partial charge in [-0.25, -0.2) is 0 Å². The average Bonchev–Trinajstić information content (AvgIpc) is 3.27. The second kappa shape index (κ2) is 7.82. The number of Topliss-reactive ketones (excluding diaryl/α,β-unsaturated/α-hetero) is 1. The van der Waals surface area contributed by atoms with Gasteiger partial charge >= 0.3 is 0 Å². The van der Waals surface area contributed by atoms with Crippen LogP contribution in [0.5, 0.6) is 0 Å². The summed E-state index contributed by atoms with van der Waals surface area (Å²) in [5.74, 6) is 1.06. The number of benzene rings is 1. The fraction of sp³-hybridized carbons (Fsp3) is 0.143. The SMILES string of the molecule is C=CCn1c(SCC(=O)c2c(C)[nH]c3ccccc23)nnc1-c1cccnc1. The number of hydrogen-bond donors (Lipinski definition) is 1. The number of rotatable bonds is 7. The summed E-state index contributed by atoms with van der Waals surface area (Å²) < 4.78 is 1.95. The predicted molar refractivity (Wildman–Crippen MR) is 112 cm³/mol. The number of carbonyl (C=O) groups is 1. The van der Waals surface area contributed by atoms with Crippen LogP contribution in [0.3, 0.4) is 0 Å². The molecule has 0 saturated heterocycles. The second-order valence-electron chi connectivity index (χ2n) is 6.33. The molecule has 4 aromatic rings. The molecule has 0 aliphatic rings. The van der Waals surface area contributed by atoms with Crippen molar-refractivity contribution in [2.45, 2.75) is 18.6 Å². The van der Waals surface area contributed by atoms with E-state index in [4.69, 9.17) is 0 Å². The number of carbonyl (C=O) groups excluding carboxylic acids is 1. The summed E-state index contributed by atoms with van der Waals surface area (Å²) in [6.07, 6.45) is 5.26. The third-order valence-corrected chi connectivity index (χ3v) is 5.42. The topological polar surface area (TPSA) is 76.5 Å². The molecule has 0 fully saturated rings. The maximum absolute atomic E-state index is 12.9. The number of fused-ring (bicyclic) bond motifs is 1. The van der Waals surface area contributed by atoms with E-state index in [-0.39, 0.29) is 11.5 Å². The maximum Gasteiger partial charge on any atom is 0.192 e. The Morgan fingerprint density at radius 3 is 2.89 bits per heavy atom. The number of nitrogens with zero attached hydrogens (tertiary/aromatic N) is 4. The van der Waals surface area contributed by atoms with Crippen LogP contribution < -0.4 is 0 Å². The Hall–Kier alpha value is -3.19. The molecule has 0 atom stereocenters. The molecular formula is C21H19N5OS. The molecule has 6 nitrogen and oxygen atoms in total. The van der Waals surface area contributed by atoms with Crippen molar-refractivity contribution < 1.29 is 4.79 Å². The predicted octanol–water partition coefficient (Wildman–Crippen LogP) is 4.29. The van der Waals surface area contributed by atoms with Crippen LogP contribution in [0, 0.1) is 6.92 Å². The van der Waals surface area contributed by atoms with Crippen molar-refractivity contribution in [2.75, 3.05) is 5.75 Å². The van der Waals surface area contributed by atoms with Gasteiger partial charge in [0.1, 0.15) is 0 Å². The summed E-state index contributed by atoms with van der Waals surface area (Å²) >= 11 is 1.38.